The monoisotopic (exact) mass is 395 g/mol. The van der Waals surface area contributed by atoms with E-state index < -0.39 is 23.9 Å². The van der Waals surface area contributed by atoms with Crippen LogP contribution < -0.4 is 10.6 Å². The van der Waals surface area contributed by atoms with E-state index in [0.29, 0.717) is 34.8 Å². The van der Waals surface area contributed by atoms with Crippen LogP contribution in [0.25, 0.3) is 22.6 Å². The number of H-pyrrole nitrogens is 1. The minimum Gasteiger partial charge on any atom is -0.444 e. The van der Waals surface area contributed by atoms with Gasteiger partial charge in [-0.3, -0.25) is 14.7 Å². The second-order valence-corrected chi connectivity index (χ2v) is 6.66. The largest absolute Gasteiger partial charge is 0.444 e. The molecule has 0 bridgehead atoms. The molecular weight excluding hydrogens is 377 g/mol. The topological polar surface area (TPSA) is 114 Å². The number of nitrogens with zero attached hydrogens (tertiary/aromatic N) is 3. The van der Waals surface area contributed by atoms with E-state index in [-0.39, 0.29) is 13.0 Å². The molecule has 1 saturated heterocycles. The molecule has 0 spiro atoms. The van der Waals surface area contributed by atoms with Crippen LogP contribution in [0.4, 0.5) is 14.9 Å². The number of amides is 2. The lowest BCUT2D eigenvalue weighted by atomic mass is 10.1. The third kappa shape index (κ3) is 3.93. The van der Waals surface area contributed by atoms with Crippen LogP contribution in [0, 0.1) is 5.82 Å². The molecule has 3 N–H and O–H groups in total. The van der Waals surface area contributed by atoms with Crippen LogP contribution in [0.3, 0.4) is 0 Å². The Morgan fingerprint density at radius 1 is 1.31 bits per heavy atom. The van der Waals surface area contributed by atoms with Gasteiger partial charge >= 0.3 is 6.09 Å². The molecule has 29 heavy (non-hydrogen) atoms. The van der Waals surface area contributed by atoms with Crippen LogP contribution in [0.2, 0.25) is 0 Å². The quantitative estimate of drug-likeness (QED) is 0.666. The van der Waals surface area contributed by atoms with Gasteiger partial charge in [0.15, 0.2) is 5.82 Å². The molecule has 0 saturated carbocycles. The number of ether oxygens (including phenoxy) is 1. The fourth-order valence-electron chi connectivity index (χ4n) is 3.19. The molecule has 4 rings (SSSR count). The number of anilines is 1. The summed E-state index contributed by atoms with van der Waals surface area (Å²) in [4.78, 5) is 35.7. The molecule has 1 fully saturated rings. The number of hydrogen-bond donors (Lipinski definition) is 2. The summed E-state index contributed by atoms with van der Waals surface area (Å²) < 4.78 is 20.0. The third-order valence-corrected chi connectivity index (χ3v) is 4.67. The van der Waals surface area contributed by atoms with Crippen LogP contribution >= 0.6 is 0 Å². The molecule has 1 aliphatic rings. The number of hydrogen-bond acceptors (Lipinski definition) is 5. The van der Waals surface area contributed by atoms with E-state index in [2.05, 4.69) is 15.0 Å². The number of nitrogens with one attached hydrogen (secondary N) is 1. The maximum Gasteiger partial charge on any atom is 0.414 e. The Balaban J connectivity index is 1.51. The van der Waals surface area contributed by atoms with Crippen molar-refractivity contribution < 1.29 is 18.7 Å². The highest BCUT2D eigenvalue weighted by molar-refractivity contribution is 5.90. The van der Waals surface area contributed by atoms with Crippen molar-refractivity contribution in [3.63, 3.8) is 0 Å². The number of primary amides is 1. The van der Waals surface area contributed by atoms with Crippen molar-refractivity contribution in [1.82, 2.24) is 15.0 Å². The summed E-state index contributed by atoms with van der Waals surface area (Å²) in [5.74, 6) is -0.309. The van der Waals surface area contributed by atoms with E-state index in [1.807, 2.05) is 0 Å². The molecule has 1 atom stereocenters. The first-order chi connectivity index (χ1) is 14.0. The van der Waals surface area contributed by atoms with Gasteiger partial charge in [-0.25, -0.2) is 14.2 Å². The molecule has 8 nitrogen and oxygen atoms in total. The summed E-state index contributed by atoms with van der Waals surface area (Å²) in [5, 5.41) is 0. The average molecular weight is 395 g/mol. The van der Waals surface area contributed by atoms with E-state index in [1.54, 1.807) is 42.9 Å². The number of carbonyl (C=O) groups excluding carboxylic acids is 2. The van der Waals surface area contributed by atoms with E-state index in [1.165, 1.54) is 11.0 Å². The number of benzene rings is 1. The van der Waals surface area contributed by atoms with Gasteiger partial charge in [0.05, 0.1) is 12.2 Å². The second-order valence-electron chi connectivity index (χ2n) is 6.66. The first-order valence-electron chi connectivity index (χ1n) is 9.03. The number of nitrogens with two attached hydrogens (primary N) is 1. The molecule has 1 aliphatic heterocycles. The van der Waals surface area contributed by atoms with Gasteiger partial charge in [-0.2, -0.15) is 0 Å². The van der Waals surface area contributed by atoms with Gasteiger partial charge in [-0.05, 0) is 30.7 Å². The van der Waals surface area contributed by atoms with Crippen LogP contribution in [0.15, 0.2) is 48.9 Å². The molecule has 1 aromatic carbocycles. The Bertz CT molecular complexity index is 1040. The summed E-state index contributed by atoms with van der Waals surface area (Å²) >= 11 is 0. The smallest absolute Gasteiger partial charge is 0.414 e. The summed E-state index contributed by atoms with van der Waals surface area (Å²) in [7, 11) is 0. The van der Waals surface area contributed by atoms with Crippen molar-refractivity contribution in [3.05, 3.63) is 54.7 Å². The molecular formula is C20H18FN5O3. The SMILES string of the molecule is NC(=O)CC[C@H]1CN(c2ccc(-c3ccc(-c4ncc[nH]4)nc3)c(F)c2)C(=O)O1. The van der Waals surface area contributed by atoms with Crippen LogP contribution in [0.1, 0.15) is 12.8 Å². The van der Waals surface area contributed by atoms with Gasteiger partial charge in [0.2, 0.25) is 5.91 Å². The van der Waals surface area contributed by atoms with E-state index in [4.69, 9.17) is 10.5 Å². The first-order valence-corrected chi connectivity index (χ1v) is 9.03. The predicted molar refractivity (Wildman–Crippen MR) is 103 cm³/mol. The van der Waals surface area contributed by atoms with Crippen LogP contribution in [-0.4, -0.2) is 39.6 Å². The average Bonchev–Trinajstić information content (AvgIpc) is 3.36. The van der Waals surface area contributed by atoms with Gasteiger partial charge in [0.1, 0.15) is 17.6 Å². The van der Waals surface area contributed by atoms with E-state index >= 15 is 0 Å². The van der Waals surface area contributed by atoms with Gasteiger partial charge < -0.3 is 15.5 Å². The van der Waals surface area contributed by atoms with Gasteiger partial charge in [0, 0.05) is 36.1 Å². The van der Waals surface area contributed by atoms with Gasteiger partial charge in [0.25, 0.3) is 0 Å². The zero-order chi connectivity index (χ0) is 20.4. The number of rotatable bonds is 6. The Hall–Kier alpha value is -3.75. The Morgan fingerprint density at radius 2 is 2.17 bits per heavy atom. The predicted octanol–water partition coefficient (Wildman–Crippen LogP) is 2.87. The highest BCUT2D eigenvalue weighted by atomic mass is 19.1. The van der Waals surface area contributed by atoms with Crippen molar-refractivity contribution in [2.24, 2.45) is 5.73 Å². The van der Waals surface area contributed by atoms with Crippen molar-refractivity contribution >= 4 is 17.7 Å². The minimum atomic E-state index is -0.573. The van der Waals surface area contributed by atoms with E-state index in [0.717, 1.165) is 0 Å². The third-order valence-electron chi connectivity index (χ3n) is 4.67. The number of halogens is 1. The fourth-order valence-corrected chi connectivity index (χ4v) is 3.19. The number of imidazole rings is 1. The van der Waals surface area contributed by atoms with Crippen molar-refractivity contribution in [1.29, 1.82) is 0 Å². The summed E-state index contributed by atoms with van der Waals surface area (Å²) in [6, 6.07) is 8.04. The van der Waals surface area contributed by atoms with E-state index in [9.17, 15) is 14.0 Å². The summed E-state index contributed by atoms with van der Waals surface area (Å²) in [6.45, 7) is 0.240. The molecule has 2 aromatic heterocycles. The summed E-state index contributed by atoms with van der Waals surface area (Å²) in [5.41, 5.74) is 7.13. The zero-order valence-electron chi connectivity index (χ0n) is 15.3. The molecule has 0 radical (unpaired) electrons. The molecule has 0 aliphatic carbocycles. The van der Waals surface area contributed by atoms with Crippen molar-refractivity contribution in [2.45, 2.75) is 18.9 Å². The first kappa shape index (κ1) is 18.6. The lowest BCUT2D eigenvalue weighted by molar-refractivity contribution is -0.118. The maximum absolute atomic E-state index is 14.8. The molecule has 148 valence electrons. The lowest BCUT2D eigenvalue weighted by Crippen LogP contribution is -2.25. The minimum absolute atomic E-state index is 0.125. The van der Waals surface area contributed by atoms with Crippen LogP contribution in [-0.2, 0) is 9.53 Å². The highest BCUT2D eigenvalue weighted by Gasteiger charge is 2.32. The second kappa shape index (κ2) is 7.70. The fraction of sp³-hybridized carbons (Fsp3) is 0.200. The molecule has 2 amide bonds. The molecule has 3 aromatic rings. The number of aromatic nitrogens is 3. The standard InChI is InChI=1S/C20H18FN5O3/c21-16-9-13(26-11-14(29-20(26)28)3-6-18(22)27)2-4-15(16)12-1-5-17(25-10-12)19-23-7-8-24-19/h1-2,4-5,7-10,14H,3,6,11H2,(H2,22,27)(H,23,24)/t14-/m0/s1. The normalized spacial score (nSPS) is 16.1. The van der Waals surface area contributed by atoms with Crippen molar-refractivity contribution in [3.8, 4) is 22.6 Å². The Kier molecular flexibility index (Phi) is 4.94. The maximum atomic E-state index is 14.8. The zero-order valence-corrected chi connectivity index (χ0v) is 15.3. The molecule has 3 heterocycles. The van der Waals surface area contributed by atoms with Gasteiger partial charge in [-0.15, -0.1) is 0 Å². The number of pyridine rings is 1. The Morgan fingerprint density at radius 3 is 2.83 bits per heavy atom. The van der Waals surface area contributed by atoms with Gasteiger partial charge in [-0.1, -0.05) is 6.07 Å². The highest BCUT2D eigenvalue weighted by Crippen LogP contribution is 2.30. The molecule has 0 unspecified atom stereocenters. The number of aromatic amines is 1. The van der Waals surface area contributed by atoms with Crippen LogP contribution in [0.5, 0.6) is 0 Å². The number of cyclic esters (lactones) is 1. The lowest BCUT2D eigenvalue weighted by Gasteiger charge is -2.14. The molecule has 9 heteroatoms. The Labute approximate surface area is 165 Å². The number of carbonyl (C=O) groups is 2. The van der Waals surface area contributed by atoms with Crippen molar-refractivity contribution in [2.75, 3.05) is 11.4 Å². The summed E-state index contributed by atoms with van der Waals surface area (Å²) in [6.07, 6.45) is 4.34.